The molecule has 1 aromatic carbocycles. The van der Waals surface area contributed by atoms with E-state index in [9.17, 15) is 9.18 Å². The van der Waals surface area contributed by atoms with E-state index < -0.39 is 11.9 Å². The molecule has 1 aliphatic rings. The van der Waals surface area contributed by atoms with E-state index in [2.05, 4.69) is 4.98 Å². The Bertz CT molecular complexity index is 721. The number of carbonyl (C=O) groups excluding carboxylic acids is 1. The standard InChI is InChI=1S/C16H16FN3O3/c1-22-12-4-2-10(3-5-12)8-20-15-14(6-11(17)7-19-15)23-9-13(18)16(20)21/h2-7,13H,8-9,18H2,1H3/t13-/m0/s1. The molecule has 2 N–H and O–H groups in total. The van der Waals surface area contributed by atoms with Crippen molar-refractivity contribution in [3.8, 4) is 11.5 Å². The van der Waals surface area contributed by atoms with Gasteiger partial charge in [0.1, 0.15) is 24.2 Å². The first kappa shape index (κ1) is 15.2. The number of amides is 1. The molecule has 0 radical (unpaired) electrons. The van der Waals surface area contributed by atoms with E-state index in [4.69, 9.17) is 15.2 Å². The number of carbonyl (C=O) groups is 1. The fraction of sp³-hybridized carbons (Fsp3) is 0.250. The van der Waals surface area contributed by atoms with Crippen LogP contribution in [-0.2, 0) is 11.3 Å². The molecule has 2 heterocycles. The molecule has 0 aliphatic carbocycles. The largest absolute Gasteiger partial charge is 0.497 e. The van der Waals surface area contributed by atoms with Gasteiger partial charge in [0.15, 0.2) is 11.6 Å². The number of nitrogens with two attached hydrogens (primary N) is 1. The van der Waals surface area contributed by atoms with Crippen LogP contribution in [0.3, 0.4) is 0 Å². The SMILES string of the molecule is COc1ccc(CN2C(=O)[C@@H](N)COc3cc(F)cnc32)cc1. The monoisotopic (exact) mass is 317 g/mol. The van der Waals surface area contributed by atoms with E-state index >= 15 is 0 Å². The van der Waals surface area contributed by atoms with E-state index in [-0.39, 0.29) is 30.6 Å². The van der Waals surface area contributed by atoms with Gasteiger partial charge in [-0.2, -0.15) is 0 Å². The number of ether oxygens (including phenoxy) is 2. The molecule has 1 aliphatic heterocycles. The van der Waals surface area contributed by atoms with Gasteiger partial charge in [-0.1, -0.05) is 12.1 Å². The smallest absolute Gasteiger partial charge is 0.249 e. The maximum Gasteiger partial charge on any atom is 0.249 e. The number of halogens is 1. The normalized spacial score (nSPS) is 17.3. The molecule has 0 saturated carbocycles. The molecule has 0 bridgehead atoms. The minimum absolute atomic E-state index is 0.0178. The average Bonchev–Trinajstić information content (AvgIpc) is 2.68. The number of aromatic nitrogens is 1. The third kappa shape index (κ3) is 3.09. The molecule has 0 fully saturated rings. The van der Waals surface area contributed by atoms with Gasteiger partial charge in [0.2, 0.25) is 5.91 Å². The second kappa shape index (κ2) is 6.21. The highest BCUT2D eigenvalue weighted by Gasteiger charge is 2.30. The summed E-state index contributed by atoms with van der Waals surface area (Å²) >= 11 is 0. The Labute approximate surface area is 132 Å². The molecule has 0 unspecified atom stereocenters. The van der Waals surface area contributed by atoms with Gasteiger partial charge in [-0.25, -0.2) is 9.37 Å². The van der Waals surface area contributed by atoms with Crippen molar-refractivity contribution in [1.29, 1.82) is 0 Å². The number of rotatable bonds is 3. The Morgan fingerprint density at radius 2 is 2.17 bits per heavy atom. The molecular weight excluding hydrogens is 301 g/mol. The summed E-state index contributed by atoms with van der Waals surface area (Å²) in [7, 11) is 1.58. The van der Waals surface area contributed by atoms with E-state index in [1.807, 2.05) is 12.1 Å². The van der Waals surface area contributed by atoms with Crippen molar-refractivity contribution in [3.05, 3.63) is 47.9 Å². The van der Waals surface area contributed by atoms with Crippen LogP contribution in [0.5, 0.6) is 11.5 Å². The maximum atomic E-state index is 13.4. The van der Waals surface area contributed by atoms with Crippen LogP contribution >= 0.6 is 0 Å². The lowest BCUT2D eigenvalue weighted by Gasteiger charge is -2.22. The Balaban J connectivity index is 1.95. The van der Waals surface area contributed by atoms with Crippen molar-refractivity contribution in [2.24, 2.45) is 5.73 Å². The summed E-state index contributed by atoms with van der Waals surface area (Å²) in [5.41, 5.74) is 6.69. The van der Waals surface area contributed by atoms with Crippen molar-refractivity contribution >= 4 is 11.7 Å². The van der Waals surface area contributed by atoms with E-state index in [0.717, 1.165) is 17.5 Å². The molecule has 3 rings (SSSR count). The number of fused-ring (bicyclic) bond motifs is 1. The predicted octanol–water partition coefficient (Wildman–Crippen LogP) is 1.48. The first-order valence-electron chi connectivity index (χ1n) is 7.06. The van der Waals surface area contributed by atoms with Gasteiger partial charge in [0.25, 0.3) is 0 Å². The van der Waals surface area contributed by atoms with Crippen LogP contribution in [0.15, 0.2) is 36.5 Å². The van der Waals surface area contributed by atoms with Gasteiger partial charge in [-0.3, -0.25) is 9.69 Å². The zero-order valence-corrected chi connectivity index (χ0v) is 12.5. The Morgan fingerprint density at radius 1 is 1.43 bits per heavy atom. The van der Waals surface area contributed by atoms with Gasteiger partial charge in [-0.15, -0.1) is 0 Å². The zero-order valence-electron chi connectivity index (χ0n) is 12.5. The van der Waals surface area contributed by atoms with E-state index in [1.54, 1.807) is 19.2 Å². The van der Waals surface area contributed by atoms with Crippen molar-refractivity contribution in [1.82, 2.24) is 4.98 Å². The molecule has 1 aromatic heterocycles. The minimum atomic E-state index is -0.828. The number of hydrogen-bond acceptors (Lipinski definition) is 5. The highest BCUT2D eigenvalue weighted by molar-refractivity contribution is 5.98. The quantitative estimate of drug-likeness (QED) is 0.928. The molecule has 2 aromatic rings. The minimum Gasteiger partial charge on any atom is -0.497 e. The third-order valence-electron chi connectivity index (χ3n) is 3.56. The van der Waals surface area contributed by atoms with Crippen LogP contribution in [0.1, 0.15) is 5.56 Å². The lowest BCUT2D eigenvalue weighted by molar-refractivity contribution is -0.120. The highest BCUT2D eigenvalue weighted by Crippen LogP contribution is 2.30. The number of nitrogens with zero attached hydrogens (tertiary/aromatic N) is 2. The summed E-state index contributed by atoms with van der Waals surface area (Å²) in [5.74, 6) is 0.339. The lowest BCUT2D eigenvalue weighted by atomic mass is 10.2. The molecule has 1 atom stereocenters. The maximum absolute atomic E-state index is 13.4. The third-order valence-corrected chi connectivity index (χ3v) is 3.56. The number of methoxy groups -OCH3 is 1. The zero-order chi connectivity index (χ0) is 16.4. The summed E-state index contributed by atoms with van der Waals surface area (Å²) in [6.45, 7) is 0.238. The molecule has 120 valence electrons. The van der Waals surface area contributed by atoms with Crippen LogP contribution in [0, 0.1) is 5.82 Å². The van der Waals surface area contributed by atoms with Gasteiger partial charge in [0, 0.05) is 6.07 Å². The number of hydrogen-bond donors (Lipinski definition) is 1. The molecule has 7 heteroatoms. The summed E-state index contributed by atoms with van der Waals surface area (Å²) in [6.07, 6.45) is 1.05. The van der Waals surface area contributed by atoms with Crippen molar-refractivity contribution in [2.45, 2.75) is 12.6 Å². The lowest BCUT2D eigenvalue weighted by Crippen LogP contribution is -2.45. The van der Waals surface area contributed by atoms with Crippen LogP contribution in [0.4, 0.5) is 10.2 Å². The second-order valence-electron chi connectivity index (χ2n) is 5.17. The average molecular weight is 317 g/mol. The molecule has 0 spiro atoms. The fourth-order valence-electron chi connectivity index (χ4n) is 2.34. The van der Waals surface area contributed by atoms with Crippen LogP contribution in [0.2, 0.25) is 0 Å². The van der Waals surface area contributed by atoms with Crippen molar-refractivity contribution in [2.75, 3.05) is 18.6 Å². The van der Waals surface area contributed by atoms with E-state index in [1.165, 1.54) is 11.0 Å². The molecule has 1 amide bonds. The summed E-state index contributed by atoms with van der Waals surface area (Å²) in [4.78, 5) is 17.9. The fourth-order valence-corrected chi connectivity index (χ4v) is 2.34. The van der Waals surface area contributed by atoms with Crippen LogP contribution in [0.25, 0.3) is 0 Å². The Kier molecular flexibility index (Phi) is 4.12. The molecule has 23 heavy (non-hydrogen) atoms. The summed E-state index contributed by atoms with van der Waals surface area (Å²) < 4.78 is 23.9. The Morgan fingerprint density at radius 3 is 2.87 bits per heavy atom. The van der Waals surface area contributed by atoms with Crippen LogP contribution in [-0.4, -0.2) is 30.6 Å². The topological polar surface area (TPSA) is 77.7 Å². The van der Waals surface area contributed by atoms with Gasteiger partial charge in [0.05, 0.1) is 19.9 Å². The van der Waals surface area contributed by atoms with Gasteiger partial charge >= 0.3 is 0 Å². The van der Waals surface area contributed by atoms with Crippen molar-refractivity contribution in [3.63, 3.8) is 0 Å². The number of pyridine rings is 1. The van der Waals surface area contributed by atoms with Crippen LogP contribution < -0.4 is 20.1 Å². The predicted molar refractivity (Wildman–Crippen MR) is 81.8 cm³/mol. The molecular formula is C16H16FN3O3. The van der Waals surface area contributed by atoms with Gasteiger partial charge < -0.3 is 15.2 Å². The van der Waals surface area contributed by atoms with E-state index in [0.29, 0.717) is 0 Å². The summed E-state index contributed by atoms with van der Waals surface area (Å²) in [5, 5.41) is 0. The van der Waals surface area contributed by atoms with Gasteiger partial charge in [-0.05, 0) is 17.7 Å². The Hall–Kier alpha value is -2.67. The second-order valence-corrected chi connectivity index (χ2v) is 5.17. The number of anilines is 1. The first-order chi connectivity index (χ1) is 11.1. The highest BCUT2D eigenvalue weighted by atomic mass is 19.1. The summed E-state index contributed by atoms with van der Waals surface area (Å²) in [6, 6.07) is 7.65. The molecule has 6 nitrogen and oxygen atoms in total. The van der Waals surface area contributed by atoms with Crippen molar-refractivity contribution < 1.29 is 18.7 Å². The molecule has 0 saturated heterocycles. The number of benzene rings is 1. The first-order valence-corrected chi connectivity index (χ1v) is 7.06.